The Bertz CT molecular complexity index is 359. The van der Waals surface area contributed by atoms with Crippen LogP contribution in [0.3, 0.4) is 0 Å². The largest absolute Gasteiger partial charge is 0.477 e. The summed E-state index contributed by atoms with van der Waals surface area (Å²) in [6, 6.07) is -0.531. The molecule has 1 rings (SSSR count). The second-order valence-electron chi connectivity index (χ2n) is 4.04. The Labute approximate surface area is 93.5 Å². The Morgan fingerprint density at radius 3 is 2.50 bits per heavy atom. The lowest BCUT2D eigenvalue weighted by molar-refractivity contribution is -0.129. The highest BCUT2D eigenvalue weighted by Crippen LogP contribution is 2.31. The van der Waals surface area contributed by atoms with Crippen LogP contribution >= 0.6 is 0 Å². The van der Waals surface area contributed by atoms with Gasteiger partial charge in [-0.25, -0.2) is 4.79 Å². The fraction of sp³-hybridized carbons (Fsp3) is 0.545. The highest BCUT2D eigenvalue weighted by Gasteiger charge is 2.39. The van der Waals surface area contributed by atoms with Crippen molar-refractivity contribution in [2.24, 2.45) is 16.8 Å². The summed E-state index contributed by atoms with van der Waals surface area (Å²) >= 11 is 0. The minimum Gasteiger partial charge on any atom is -0.477 e. The summed E-state index contributed by atoms with van der Waals surface area (Å²) in [5, 5.41) is 18.3. The van der Waals surface area contributed by atoms with Crippen LogP contribution in [0.4, 0.5) is 0 Å². The van der Waals surface area contributed by atoms with Gasteiger partial charge in [-0.05, 0) is 12.5 Å². The quantitative estimate of drug-likeness (QED) is 0.673. The molecule has 0 saturated heterocycles. The van der Waals surface area contributed by atoms with E-state index in [1.54, 1.807) is 6.92 Å². The van der Waals surface area contributed by atoms with Crippen LogP contribution in [0.1, 0.15) is 13.8 Å². The molecule has 0 saturated carbocycles. The molecule has 4 atom stereocenters. The zero-order valence-corrected chi connectivity index (χ0v) is 9.25. The maximum atomic E-state index is 10.9. The maximum Gasteiger partial charge on any atom is 0.354 e. The summed E-state index contributed by atoms with van der Waals surface area (Å²) in [4.78, 5) is 25.7. The van der Waals surface area contributed by atoms with Gasteiger partial charge in [0.25, 0.3) is 0 Å². The first-order chi connectivity index (χ1) is 7.40. The Hall–Kier alpha value is -1.49. The molecule has 0 amide bonds. The number of aliphatic hydroxyl groups is 1. The Morgan fingerprint density at radius 2 is 2.19 bits per heavy atom. The van der Waals surface area contributed by atoms with E-state index >= 15 is 0 Å². The van der Waals surface area contributed by atoms with E-state index in [1.165, 1.54) is 6.92 Å². The van der Waals surface area contributed by atoms with E-state index < -0.39 is 24.0 Å². The van der Waals surface area contributed by atoms with Gasteiger partial charge in [-0.1, -0.05) is 13.5 Å². The van der Waals surface area contributed by atoms with Gasteiger partial charge in [0, 0.05) is 5.92 Å². The van der Waals surface area contributed by atoms with Crippen LogP contribution < -0.4 is 0 Å². The van der Waals surface area contributed by atoms with Crippen LogP contribution in [-0.4, -0.2) is 40.3 Å². The summed E-state index contributed by atoms with van der Waals surface area (Å²) in [7, 11) is 0. The molecule has 0 aromatic heterocycles. The third kappa shape index (κ3) is 2.04. The van der Waals surface area contributed by atoms with Gasteiger partial charge in [-0.3, -0.25) is 4.99 Å². The van der Waals surface area contributed by atoms with E-state index in [9.17, 15) is 14.7 Å². The fourth-order valence-electron chi connectivity index (χ4n) is 1.86. The van der Waals surface area contributed by atoms with Gasteiger partial charge in [-0.2, -0.15) is 0 Å². The number of aldehydes is 1. The molecule has 1 aliphatic heterocycles. The molecule has 0 aromatic carbocycles. The number of hydrogen-bond donors (Lipinski definition) is 2. The molecule has 88 valence electrons. The van der Waals surface area contributed by atoms with Crippen LogP contribution in [0.15, 0.2) is 17.1 Å². The number of carbonyl (C=O) groups excluding carboxylic acids is 1. The van der Waals surface area contributed by atoms with Gasteiger partial charge in [-0.15, -0.1) is 0 Å². The van der Waals surface area contributed by atoms with E-state index in [4.69, 9.17) is 5.11 Å². The second-order valence-corrected chi connectivity index (χ2v) is 4.04. The molecule has 0 aromatic rings. The zero-order chi connectivity index (χ0) is 12.5. The first kappa shape index (κ1) is 12.6. The number of aliphatic imine (C=N–C) groups is 1. The van der Waals surface area contributed by atoms with Crippen LogP contribution in [0.5, 0.6) is 0 Å². The highest BCUT2D eigenvalue weighted by molar-refractivity contribution is 6.43. The van der Waals surface area contributed by atoms with E-state index in [2.05, 4.69) is 11.6 Å². The number of carbonyl (C=O) groups is 2. The summed E-state index contributed by atoms with van der Waals surface area (Å²) in [5.74, 6) is -2.07. The zero-order valence-electron chi connectivity index (χ0n) is 9.25. The first-order valence-corrected chi connectivity index (χ1v) is 5.03. The highest BCUT2D eigenvalue weighted by atomic mass is 16.4. The molecule has 0 spiro atoms. The number of aliphatic hydroxyl groups excluding tert-OH is 1. The molecular formula is C11H15NO4. The first-order valence-electron chi connectivity index (χ1n) is 5.03. The van der Waals surface area contributed by atoms with Crippen molar-refractivity contribution in [2.75, 3.05) is 0 Å². The van der Waals surface area contributed by atoms with Gasteiger partial charge in [0.1, 0.15) is 12.0 Å². The summed E-state index contributed by atoms with van der Waals surface area (Å²) in [5.41, 5.74) is 0.315. The van der Waals surface area contributed by atoms with E-state index in [0.717, 1.165) is 0 Å². The minimum atomic E-state index is -1.14. The molecule has 0 bridgehead atoms. The maximum absolute atomic E-state index is 10.9. The van der Waals surface area contributed by atoms with Gasteiger partial charge in [0.15, 0.2) is 0 Å². The van der Waals surface area contributed by atoms with Crippen molar-refractivity contribution in [1.82, 2.24) is 0 Å². The summed E-state index contributed by atoms with van der Waals surface area (Å²) in [6.07, 6.45) is -0.234. The molecule has 2 N–H and O–H groups in total. The summed E-state index contributed by atoms with van der Waals surface area (Å²) in [6.45, 7) is 6.90. The Kier molecular flexibility index (Phi) is 3.59. The lowest BCUT2D eigenvalue weighted by Crippen LogP contribution is -2.32. The van der Waals surface area contributed by atoms with Crippen molar-refractivity contribution in [1.29, 1.82) is 0 Å². The van der Waals surface area contributed by atoms with E-state index in [-0.39, 0.29) is 11.6 Å². The number of carboxylic acid groups (broad SMARTS) is 1. The van der Waals surface area contributed by atoms with Crippen molar-refractivity contribution < 1.29 is 19.8 Å². The molecule has 5 heteroatoms. The van der Waals surface area contributed by atoms with E-state index in [0.29, 0.717) is 11.9 Å². The lowest BCUT2D eigenvalue weighted by atomic mass is 9.85. The van der Waals surface area contributed by atoms with Crippen molar-refractivity contribution >= 4 is 18.0 Å². The lowest BCUT2D eigenvalue weighted by Gasteiger charge is -2.22. The van der Waals surface area contributed by atoms with Crippen LogP contribution in [0.2, 0.25) is 0 Å². The minimum absolute atomic E-state index is 0.0926. The Balaban J connectivity index is 3.03. The Morgan fingerprint density at radius 1 is 1.62 bits per heavy atom. The van der Waals surface area contributed by atoms with Gasteiger partial charge in [0.05, 0.1) is 18.1 Å². The smallest absolute Gasteiger partial charge is 0.354 e. The molecule has 1 heterocycles. The standard InChI is InChI=1S/C11H15NO4/c1-5-6(2)10(11(15)16)12-9(5)8(4-13)7(3)14/h4-5,7-9,14H,2H2,1,3H3,(H,15,16)/t5-,7+,8+,9+/m0/s1. The predicted molar refractivity (Wildman–Crippen MR) is 58.4 cm³/mol. The molecule has 16 heavy (non-hydrogen) atoms. The second kappa shape index (κ2) is 4.57. The molecule has 0 radical (unpaired) electrons. The van der Waals surface area contributed by atoms with E-state index in [1.807, 2.05) is 0 Å². The topological polar surface area (TPSA) is 87.0 Å². The predicted octanol–water partition coefficient (Wildman–Crippen LogP) is 0.282. The average Bonchev–Trinajstić information content (AvgIpc) is 2.47. The van der Waals surface area contributed by atoms with Gasteiger partial charge < -0.3 is 15.0 Å². The monoisotopic (exact) mass is 225 g/mol. The normalized spacial score (nSPS) is 28.4. The van der Waals surface area contributed by atoms with Crippen LogP contribution in [0.25, 0.3) is 0 Å². The molecule has 0 aliphatic carbocycles. The molecule has 5 nitrogen and oxygen atoms in total. The molecule has 1 aliphatic rings. The number of rotatable bonds is 4. The van der Waals surface area contributed by atoms with Gasteiger partial charge in [0.2, 0.25) is 0 Å². The SMILES string of the molecule is C=C1C(C(=O)O)=N[C@@H]([C@H](C=O)[C@@H](C)O)[C@H]1C. The average molecular weight is 225 g/mol. The summed E-state index contributed by atoms with van der Waals surface area (Å²) < 4.78 is 0. The fourth-order valence-corrected chi connectivity index (χ4v) is 1.86. The molecule has 0 fully saturated rings. The van der Waals surface area contributed by atoms with Crippen LogP contribution in [-0.2, 0) is 9.59 Å². The number of hydrogen-bond acceptors (Lipinski definition) is 4. The molecular weight excluding hydrogens is 210 g/mol. The van der Waals surface area contributed by atoms with Crippen LogP contribution in [0, 0.1) is 11.8 Å². The van der Waals surface area contributed by atoms with Crippen molar-refractivity contribution in [3.05, 3.63) is 12.2 Å². The third-order valence-corrected chi connectivity index (χ3v) is 2.96. The van der Waals surface area contributed by atoms with Crippen molar-refractivity contribution in [2.45, 2.75) is 26.0 Å². The number of nitrogens with zero attached hydrogens (tertiary/aromatic N) is 1. The third-order valence-electron chi connectivity index (χ3n) is 2.96. The van der Waals surface area contributed by atoms with Gasteiger partial charge >= 0.3 is 5.97 Å². The van der Waals surface area contributed by atoms with Crippen molar-refractivity contribution in [3.63, 3.8) is 0 Å². The molecule has 0 unspecified atom stereocenters. The van der Waals surface area contributed by atoms with Crippen molar-refractivity contribution in [3.8, 4) is 0 Å². The number of aliphatic carboxylic acids is 1. The number of carboxylic acids is 1.